The first-order valence-corrected chi connectivity index (χ1v) is 4.50. The van der Waals surface area contributed by atoms with Gasteiger partial charge >= 0.3 is 0 Å². The summed E-state index contributed by atoms with van der Waals surface area (Å²) < 4.78 is 10.2. The monoisotopic (exact) mass is 174 g/mol. The Hall–Kier alpha value is -0.120. The fourth-order valence-electron chi connectivity index (χ4n) is 1.64. The number of hydrogen-bond acceptors (Lipinski definition) is 3. The van der Waals surface area contributed by atoms with Crippen molar-refractivity contribution in [1.82, 2.24) is 0 Å². The van der Waals surface area contributed by atoms with Crippen molar-refractivity contribution in [1.29, 1.82) is 0 Å². The number of ether oxygens (including phenoxy) is 2. The van der Waals surface area contributed by atoms with Gasteiger partial charge in [0.25, 0.3) is 0 Å². The Bertz CT molecular complexity index is 119. The minimum atomic E-state index is 0.0402. The van der Waals surface area contributed by atoms with Crippen LogP contribution >= 0.6 is 0 Å². The predicted molar refractivity (Wildman–Crippen MR) is 46.1 cm³/mol. The number of methoxy groups -OCH3 is 1. The lowest BCUT2D eigenvalue weighted by Gasteiger charge is -2.23. The van der Waals surface area contributed by atoms with Gasteiger partial charge in [-0.2, -0.15) is 0 Å². The summed E-state index contributed by atoms with van der Waals surface area (Å²) in [5.41, 5.74) is 0.0402. The van der Waals surface area contributed by atoms with E-state index in [1.165, 1.54) is 0 Å². The van der Waals surface area contributed by atoms with Crippen molar-refractivity contribution in [3.05, 3.63) is 0 Å². The zero-order valence-electron chi connectivity index (χ0n) is 7.71. The molecule has 1 saturated heterocycles. The van der Waals surface area contributed by atoms with Crippen molar-refractivity contribution in [3.63, 3.8) is 0 Å². The summed E-state index contributed by atoms with van der Waals surface area (Å²) in [7, 11) is 1.71. The van der Waals surface area contributed by atoms with Crippen LogP contribution in [0.25, 0.3) is 0 Å². The maximum absolute atomic E-state index is 9.20. The van der Waals surface area contributed by atoms with E-state index in [1.807, 2.05) is 0 Å². The fraction of sp³-hybridized carbons (Fsp3) is 1.00. The van der Waals surface area contributed by atoms with E-state index in [4.69, 9.17) is 9.47 Å². The standard InChI is InChI=1S/C9H18O3/c1-11-5-2-3-9(7-10)4-6-12-8-9/h10H,2-8H2,1H3. The van der Waals surface area contributed by atoms with Gasteiger partial charge in [-0.05, 0) is 19.3 Å². The van der Waals surface area contributed by atoms with E-state index in [0.29, 0.717) is 6.61 Å². The van der Waals surface area contributed by atoms with Crippen LogP contribution in [0.2, 0.25) is 0 Å². The Morgan fingerprint density at radius 1 is 1.58 bits per heavy atom. The molecule has 0 aromatic rings. The third-order valence-corrected chi connectivity index (χ3v) is 2.58. The van der Waals surface area contributed by atoms with Crippen LogP contribution in [0.5, 0.6) is 0 Å². The third-order valence-electron chi connectivity index (χ3n) is 2.58. The zero-order valence-corrected chi connectivity index (χ0v) is 7.71. The Labute approximate surface area is 73.7 Å². The molecule has 0 aliphatic carbocycles. The molecule has 1 fully saturated rings. The van der Waals surface area contributed by atoms with Gasteiger partial charge in [-0.1, -0.05) is 0 Å². The molecule has 3 heteroatoms. The molecule has 0 saturated carbocycles. The molecule has 1 aliphatic rings. The molecule has 1 atom stereocenters. The molecular weight excluding hydrogens is 156 g/mol. The van der Waals surface area contributed by atoms with E-state index in [9.17, 15) is 5.11 Å². The summed E-state index contributed by atoms with van der Waals surface area (Å²) in [6.45, 7) is 2.54. The van der Waals surface area contributed by atoms with E-state index in [0.717, 1.165) is 32.5 Å². The summed E-state index contributed by atoms with van der Waals surface area (Å²) in [5.74, 6) is 0. The lowest BCUT2D eigenvalue weighted by atomic mass is 9.84. The summed E-state index contributed by atoms with van der Waals surface area (Å²) in [6, 6.07) is 0. The first kappa shape index (κ1) is 9.96. The molecular formula is C9H18O3. The first-order chi connectivity index (χ1) is 5.83. The zero-order chi connectivity index (χ0) is 8.86. The van der Waals surface area contributed by atoms with Crippen molar-refractivity contribution in [2.24, 2.45) is 5.41 Å². The molecule has 0 amide bonds. The van der Waals surface area contributed by atoms with Crippen LogP contribution in [0.15, 0.2) is 0 Å². The van der Waals surface area contributed by atoms with Gasteiger partial charge < -0.3 is 14.6 Å². The van der Waals surface area contributed by atoms with Crippen LogP contribution in [0, 0.1) is 5.41 Å². The maximum Gasteiger partial charge on any atom is 0.0545 e. The van der Waals surface area contributed by atoms with Crippen LogP contribution in [-0.2, 0) is 9.47 Å². The van der Waals surface area contributed by atoms with E-state index in [1.54, 1.807) is 7.11 Å². The molecule has 1 N–H and O–H groups in total. The highest BCUT2D eigenvalue weighted by Gasteiger charge is 2.33. The minimum Gasteiger partial charge on any atom is -0.396 e. The van der Waals surface area contributed by atoms with Crippen LogP contribution in [0.4, 0.5) is 0 Å². The molecule has 1 rings (SSSR count). The van der Waals surface area contributed by atoms with Gasteiger partial charge in [0, 0.05) is 25.7 Å². The first-order valence-electron chi connectivity index (χ1n) is 4.50. The molecule has 1 unspecified atom stereocenters. The second kappa shape index (κ2) is 4.80. The SMILES string of the molecule is COCCCC1(CO)CCOC1. The van der Waals surface area contributed by atoms with Crippen LogP contribution in [-0.4, -0.2) is 38.6 Å². The molecule has 0 spiro atoms. The quantitative estimate of drug-likeness (QED) is 0.627. The van der Waals surface area contributed by atoms with Crippen LogP contribution in [0.3, 0.4) is 0 Å². The summed E-state index contributed by atoms with van der Waals surface area (Å²) >= 11 is 0. The molecule has 3 nitrogen and oxygen atoms in total. The van der Waals surface area contributed by atoms with Crippen molar-refractivity contribution in [2.75, 3.05) is 33.5 Å². The van der Waals surface area contributed by atoms with Gasteiger partial charge in [0.1, 0.15) is 0 Å². The highest BCUT2D eigenvalue weighted by atomic mass is 16.5. The van der Waals surface area contributed by atoms with Gasteiger partial charge in [-0.25, -0.2) is 0 Å². The summed E-state index contributed by atoms with van der Waals surface area (Å²) in [5, 5.41) is 9.20. The lowest BCUT2D eigenvalue weighted by molar-refractivity contribution is 0.0760. The van der Waals surface area contributed by atoms with Crippen molar-refractivity contribution < 1.29 is 14.6 Å². The van der Waals surface area contributed by atoms with Gasteiger partial charge in [-0.3, -0.25) is 0 Å². The van der Waals surface area contributed by atoms with E-state index < -0.39 is 0 Å². The molecule has 12 heavy (non-hydrogen) atoms. The Morgan fingerprint density at radius 2 is 2.42 bits per heavy atom. The van der Waals surface area contributed by atoms with Crippen LogP contribution in [0.1, 0.15) is 19.3 Å². The fourth-order valence-corrected chi connectivity index (χ4v) is 1.64. The lowest BCUT2D eigenvalue weighted by Crippen LogP contribution is -2.26. The van der Waals surface area contributed by atoms with Gasteiger partial charge in [0.15, 0.2) is 0 Å². The van der Waals surface area contributed by atoms with Crippen molar-refractivity contribution in [3.8, 4) is 0 Å². The smallest absolute Gasteiger partial charge is 0.0545 e. The van der Waals surface area contributed by atoms with E-state index in [-0.39, 0.29) is 12.0 Å². The maximum atomic E-state index is 9.20. The number of aliphatic hydroxyl groups is 1. The Morgan fingerprint density at radius 3 is 2.92 bits per heavy atom. The molecule has 0 aromatic carbocycles. The molecule has 0 radical (unpaired) electrons. The largest absolute Gasteiger partial charge is 0.396 e. The minimum absolute atomic E-state index is 0.0402. The molecule has 72 valence electrons. The summed E-state index contributed by atoms with van der Waals surface area (Å²) in [6.07, 6.45) is 3.02. The van der Waals surface area contributed by atoms with Crippen LogP contribution < -0.4 is 0 Å². The number of aliphatic hydroxyl groups excluding tert-OH is 1. The van der Waals surface area contributed by atoms with E-state index >= 15 is 0 Å². The normalized spacial score (nSPS) is 29.5. The van der Waals surface area contributed by atoms with Crippen molar-refractivity contribution in [2.45, 2.75) is 19.3 Å². The molecule has 1 aliphatic heterocycles. The Balaban J connectivity index is 2.24. The second-order valence-electron chi connectivity index (χ2n) is 3.56. The predicted octanol–water partition coefficient (Wildman–Crippen LogP) is 0.812. The average Bonchev–Trinajstić information content (AvgIpc) is 2.55. The highest BCUT2D eigenvalue weighted by Crippen LogP contribution is 2.32. The highest BCUT2D eigenvalue weighted by molar-refractivity contribution is 4.82. The molecule has 0 bridgehead atoms. The Kier molecular flexibility index (Phi) is 3.98. The summed E-state index contributed by atoms with van der Waals surface area (Å²) in [4.78, 5) is 0. The number of rotatable bonds is 5. The third kappa shape index (κ3) is 2.44. The average molecular weight is 174 g/mol. The van der Waals surface area contributed by atoms with Gasteiger partial charge in [0.05, 0.1) is 13.2 Å². The van der Waals surface area contributed by atoms with Gasteiger partial charge in [0.2, 0.25) is 0 Å². The van der Waals surface area contributed by atoms with Crippen molar-refractivity contribution >= 4 is 0 Å². The molecule has 0 aromatic heterocycles. The molecule has 1 heterocycles. The van der Waals surface area contributed by atoms with E-state index in [2.05, 4.69) is 0 Å². The number of hydrogen-bond donors (Lipinski definition) is 1. The topological polar surface area (TPSA) is 38.7 Å². The van der Waals surface area contributed by atoms with Gasteiger partial charge in [-0.15, -0.1) is 0 Å². The second-order valence-corrected chi connectivity index (χ2v) is 3.56.